The summed E-state index contributed by atoms with van der Waals surface area (Å²) in [6, 6.07) is -0.370. The standard InChI is InChI=1S/C14H17N3O4S2/c1-8-9(2)22-13-12(8)14(19)17(7-15-13)5-11(18)16-10-3-4-23(20,21)6-10/h7,10H,3-6H2,1-2H3,(H,16,18)/t10-/m1/s1. The maximum atomic E-state index is 12.5. The highest BCUT2D eigenvalue weighted by atomic mass is 32.2. The number of nitrogens with zero attached hydrogens (tertiary/aromatic N) is 2. The van der Waals surface area contributed by atoms with Crippen molar-refractivity contribution in [1.29, 1.82) is 0 Å². The molecule has 23 heavy (non-hydrogen) atoms. The van der Waals surface area contributed by atoms with E-state index < -0.39 is 9.84 Å². The summed E-state index contributed by atoms with van der Waals surface area (Å²) < 4.78 is 24.1. The van der Waals surface area contributed by atoms with Crippen LogP contribution in [-0.2, 0) is 21.2 Å². The van der Waals surface area contributed by atoms with Crippen molar-refractivity contribution in [3.8, 4) is 0 Å². The SMILES string of the molecule is Cc1sc2ncn(CC(=O)N[C@@H]3CCS(=O)(=O)C3)c(=O)c2c1C. The predicted molar refractivity (Wildman–Crippen MR) is 88.6 cm³/mol. The molecule has 0 aromatic carbocycles. The molecule has 1 atom stereocenters. The van der Waals surface area contributed by atoms with Gasteiger partial charge >= 0.3 is 0 Å². The Morgan fingerprint density at radius 2 is 2.22 bits per heavy atom. The number of carbonyl (C=O) groups is 1. The van der Waals surface area contributed by atoms with Crippen LogP contribution in [0.5, 0.6) is 0 Å². The molecule has 9 heteroatoms. The van der Waals surface area contributed by atoms with Gasteiger partial charge in [0.1, 0.15) is 11.4 Å². The molecule has 0 spiro atoms. The van der Waals surface area contributed by atoms with E-state index in [4.69, 9.17) is 0 Å². The lowest BCUT2D eigenvalue weighted by atomic mass is 10.2. The molecular weight excluding hydrogens is 338 g/mol. The predicted octanol–water partition coefficient (Wildman–Crippen LogP) is 0.378. The average Bonchev–Trinajstić information content (AvgIpc) is 2.94. The van der Waals surface area contributed by atoms with Crippen LogP contribution in [0.25, 0.3) is 10.2 Å². The van der Waals surface area contributed by atoms with Crippen LogP contribution >= 0.6 is 11.3 Å². The van der Waals surface area contributed by atoms with Gasteiger partial charge in [-0.05, 0) is 25.8 Å². The van der Waals surface area contributed by atoms with Crippen LogP contribution in [0, 0.1) is 13.8 Å². The van der Waals surface area contributed by atoms with Gasteiger partial charge in [-0.3, -0.25) is 14.2 Å². The number of fused-ring (bicyclic) bond motifs is 1. The van der Waals surface area contributed by atoms with E-state index in [9.17, 15) is 18.0 Å². The Bertz CT molecular complexity index is 943. The first-order chi connectivity index (χ1) is 10.8. The molecule has 0 saturated carbocycles. The van der Waals surface area contributed by atoms with Crippen LogP contribution in [0.1, 0.15) is 16.9 Å². The number of aryl methyl sites for hydroxylation is 2. The molecule has 0 radical (unpaired) electrons. The zero-order chi connectivity index (χ0) is 16.8. The molecular formula is C14H17N3O4S2. The minimum Gasteiger partial charge on any atom is -0.351 e. The molecule has 0 aliphatic carbocycles. The van der Waals surface area contributed by atoms with Crippen LogP contribution in [0.4, 0.5) is 0 Å². The van der Waals surface area contributed by atoms with Gasteiger partial charge in [-0.25, -0.2) is 13.4 Å². The lowest BCUT2D eigenvalue weighted by Crippen LogP contribution is -2.39. The van der Waals surface area contributed by atoms with Gasteiger partial charge in [0.15, 0.2) is 9.84 Å². The van der Waals surface area contributed by atoms with E-state index in [0.717, 1.165) is 10.4 Å². The smallest absolute Gasteiger partial charge is 0.262 e. The van der Waals surface area contributed by atoms with E-state index >= 15 is 0 Å². The third-order valence-corrected chi connectivity index (χ3v) is 6.95. The van der Waals surface area contributed by atoms with Gasteiger partial charge in [0.25, 0.3) is 5.56 Å². The molecule has 1 aliphatic rings. The van der Waals surface area contributed by atoms with Crippen molar-refractivity contribution in [2.45, 2.75) is 32.9 Å². The average molecular weight is 355 g/mol. The Balaban J connectivity index is 1.79. The number of rotatable bonds is 3. The van der Waals surface area contributed by atoms with Crippen LogP contribution in [-0.4, -0.2) is 41.4 Å². The minimum atomic E-state index is -3.05. The maximum Gasteiger partial charge on any atom is 0.262 e. The maximum absolute atomic E-state index is 12.5. The Morgan fingerprint density at radius 3 is 2.87 bits per heavy atom. The highest BCUT2D eigenvalue weighted by Crippen LogP contribution is 2.25. The number of hydrogen-bond donors (Lipinski definition) is 1. The van der Waals surface area contributed by atoms with Crippen molar-refractivity contribution in [2.75, 3.05) is 11.5 Å². The van der Waals surface area contributed by atoms with Crippen LogP contribution in [0.2, 0.25) is 0 Å². The van der Waals surface area contributed by atoms with Crippen molar-refractivity contribution < 1.29 is 13.2 Å². The molecule has 0 bridgehead atoms. The topological polar surface area (TPSA) is 98.1 Å². The van der Waals surface area contributed by atoms with E-state index in [-0.39, 0.29) is 35.6 Å². The fourth-order valence-electron chi connectivity index (χ4n) is 2.72. The minimum absolute atomic E-state index is 0.0340. The Morgan fingerprint density at radius 1 is 1.48 bits per heavy atom. The summed E-state index contributed by atoms with van der Waals surface area (Å²) in [5.74, 6) is -0.313. The van der Waals surface area contributed by atoms with E-state index in [1.165, 1.54) is 22.2 Å². The number of amides is 1. The van der Waals surface area contributed by atoms with Crippen LogP contribution in [0.15, 0.2) is 11.1 Å². The molecule has 1 saturated heterocycles. The third kappa shape index (κ3) is 3.16. The van der Waals surface area contributed by atoms with Crippen LogP contribution in [0.3, 0.4) is 0 Å². The summed E-state index contributed by atoms with van der Waals surface area (Å²) in [6.07, 6.45) is 1.79. The number of sulfone groups is 1. The lowest BCUT2D eigenvalue weighted by molar-refractivity contribution is -0.122. The number of aromatic nitrogens is 2. The summed E-state index contributed by atoms with van der Waals surface area (Å²) in [5, 5.41) is 3.22. The highest BCUT2D eigenvalue weighted by molar-refractivity contribution is 7.91. The molecule has 2 aromatic rings. The molecule has 1 amide bonds. The second-order valence-electron chi connectivity index (χ2n) is 5.81. The van der Waals surface area contributed by atoms with Crippen molar-refractivity contribution in [2.24, 2.45) is 0 Å². The first-order valence-corrected chi connectivity index (χ1v) is 9.85. The van der Waals surface area contributed by atoms with Gasteiger partial charge in [-0.1, -0.05) is 0 Å². The van der Waals surface area contributed by atoms with E-state index in [1.807, 2.05) is 13.8 Å². The summed E-state index contributed by atoms with van der Waals surface area (Å²) in [7, 11) is -3.05. The Kier molecular flexibility index (Phi) is 4.01. The molecule has 7 nitrogen and oxygen atoms in total. The Labute approximate surface area is 137 Å². The highest BCUT2D eigenvalue weighted by Gasteiger charge is 2.29. The molecule has 1 fully saturated rings. The quantitative estimate of drug-likeness (QED) is 0.858. The number of nitrogens with one attached hydrogen (secondary N) is 1. The summed E-state index contributed by atoms with van der Waals surface area (Å²) >= 11 is 1.45. The van der Waals surface area contributed by atoms with E-state index in [0.29, 0.717) is 16.6 Å². The van der Waals surface area contributed by atoms with Gasteiger partial charge in [-0.15, -0.1) is 11.3 Å². The zero-order valence-electron chi connectivity index (χ0n) is 12.8. The number of thiophene rings is 1. The Hall–Kier alpha value is -1.74. The third-order valence-electron chi connectivity index (χ3n) is 4.07. The summed E-state index contributed by atoms with van der Waals surface area (Å²) in [4.78, 5) is 30.5. The second kappa shape index (κ2) is 5.72. The van der Waals surface area contributed by atoms with Gasteiger partial charge in [0.05, 0.1) is 23.2 Å². The first-order valence-electron chi connectivity index (χ1n) is 7.22. The number of hydrogen-bond acceptors (Lipinski definition) is 6. The van der Waals surface area contributed by atoms with Gasteiger partial charge < -0.3 is 5.32 Å². The molecule has 1 N–H and O–H groups in total. The lowest BCUT2D eigenvalue weighted by Gasteiger charge is -2.11. The van der Waals surface area contributed by atoms with Gasteiger partial charge in [-0.2, -0.15) is 0 Å². The van der Waals surface area contributed by atoms with Gasteiger partial charge in [0, 0.05) is 10.9 Å². The van der Waals surface area contributed by atoms with E-state index in [1.54, 1.807) is 0 Å². The molecule has 2 aromatic heterocycles. The first kappa shape index (κ1) is 16.1. The summed E-state index contributed by atoms with van der Waals surface area (Å²) in [6.45, 7) is 3.64. The monoisotopic (exact) mass is 355 g/mol. The molecule has 124 valence electrons. The molecule has 1 aliphatic heterocycles. The zero-order valence-corrected chi connectivity index (χ0v) is 14.5. The van der Waals surface area contributed by atoms with Crippen molar-refractivity contribution in [1.82, 2.24) is 14.9 Å². The fourth-order valence-corrected chi connectivity index (χ4v) is 5.38. The number of carbonyl (C=O) groups excluding carboxylic acids is 1. The molecule has 3 heterocycles. The molecule has 0 unspecified atom stereocenters. The van der Waals surface area contributed by atoms with E-state index in [2.05, 4.69) is 10.3 Å². The van der Waals surface area contributed by atoms with Crippen molar-refractivity contribution in [3.63, 3.8) is 0 Å². The normalized spacial score (nSPS) is 20.0. The summed E-state index contributed by atoms with van der Waals surface area (Å²) in [5.41, 5.74) is 0.644. The van der Waals surface area contributed by atoms with Crippen molar-refractivity contribution >= 4 is 37.3 Å². The van der Waals surface area contributed by atoms with Crippen LogP contribution < -0.4 is 10.9 Å². The van der Waals surface area contributed by atoms with Gasteiger partial charge in [0.2, 0.25) is 5.91 Å². The molecule has 3 rings (SSSR count). The van der Waals surface area contributed by atoms with Crippen molar-refractivity contribution in [3.05, 3.63) is 27.1 Å². The largest absolute Gasteiger partial charge is 0.351 e. The fraction of sp³-hybridized carbons (Fsp3) is 0.500. The second-order valence-corrected chi connectivity index (χ2v) is 9.24.